The zero-order valence-electron chi connectivity index (χ0n) is 10.4. The van der Waals surface area contributed by atoms with Gasteiger partial charge in [0.1, 0.15) is 16.8 Å². The zero-order valence-corrected chi connectivity index (χ0v) is 12.0. The molecule has 2 heterocycles. The minimum Gasteiger partial charge on any atom is -0.377 e. The van der Waals surface area contributed by atoms with Gasteiger partial charge in [-0.05, 0) is 19.8 Å². The first-order valence-corrected chi connectivity index (χ1v) is 7.50. The molecule has 1 aromatic heterocycles. The molecule has 2 rings (SSSR count). The Labute approximate surface area is 116 Å². The van der Waals surface area contributed by atoms with Gasteiger partial charge in [-0.1, -0.05) is 11.6 Å². The fourth-order valence-electron chi connectivity index (χ4n) is 1.73. The lowest BCUT2D eigenvalue weighted by atomic mass is 10.3. The second kappa shape index (κ2) is 7.28. The summed E-state index contributed by atoms with van der Waals surface area (Å²) in [6.45, 7) is 3.88. The van der Waals surface area contributed by atoms with E-state index >= 15 is 0 Å². The highest BCUT2D eigenvalue weighted by atomic mass is 35.5. The van der Waals surface area contributed by atoms with Gasteiger partial charge in [-0.3, -0.25) is 0 Å². The number of ether oxygens (including phenoxy) is 2. The minimum absolute atomic E-state index is 0.346. The minimum atomic E-state index is 0.346. The highest BCUT2D eigenvalue weighted by Gasteiger charge is 2.16. The van der Waals surface area contributed by atoms with Crippen LogP contribution in [0.4, 0.5) is 0 Å². The molecule has 0 aromatic carbocycles. The van der Waals surface area contributed by atoms with Gasteiger partial charge in [0, 0.05) is 25.0 Å². The van der Waals surface area contributed by atoms with E-state index in [2.05, 4.69) is 9.97 Å². The van der Waals surface area contributed by atoms with Gasteiger partial charge >= 0.3 is 0 Å². The quantitative estimate of drug-likeness (QED) is 0.595. The van der Waals surface area contributed by atoms with Crippen LogP contribution in [0.3, 0.4) is 0 Å². The van der Waals surface area contributed by atoms with Gasteiger partial charge in [-0.25, -0.2) is 9.97 Å². The van der Waals surface area contributed by atoms with Crippen molar-refractivity contribution in [1.82, 2.24) is 9.97 Å². The molecular weight excluding hydrogens is 272 g/mol. The number of thioether (sulfide) groups is 1. The molecule has 100 valence electrons. The number of rotatable bonds is 6. The van der Waals surface area contributed by atoms with Crippen molar-refractivity contribution >= 4 is 23.4 Å². The summed E-state index contributed by atoms with van der Waals surface area (Å²) in [5, 5.41) is 1.36. The number of hydrogen-bond acceptors (Lipinski definition) is 5. The molecule has 0 radical (unpaired) electrons. The van der Waals surface area contributed by atoms with Gasteiger partial charge in [0.25, 0.3) is 0 Å². The molecule has 0 amide bonds. The van der Waals surface area contributed by atoms with Crippen molar-refractivity contribution in [3.8, 4) is 0 Å². The van der Waals surface area contributed by atoms with Gasteiger partial charge in [0.05, 0.1) is 6.10 Å². The van der Waals surface area contributed by atoms with Crippen LogP contribution in [-0.4, -0.2) is 35.0 Å². The van der Waals surface area contributed by atoms with E-state index in [9.17, 15) is 0 Å². The molecule has 1 unspecified atom stereocenters. The predicted octanol–water partition coefficient (Wildman–Crippen LogP) is 2.94. The molecule has 1 aliphatic heterocycles. The molecule has 0 bridgehead atoms. The van der Waals surface area contributed by atoms with E-state index in [1.165, 1.54) is 0 Å². The first-order valence-electron chi connectivity index (χ1n) is 6.13. The van der Waals surface area contributed by atoms with Crippen molar-refractivity contribution in [1.29, 1.82) is 0 Å². The second-order valence-corrected chi connectivity index (χ2v) is 5.46. The Morgan fingerprint density at radius 3 is 3.17 bits per heavy atom. The van der Waals surface area contributed by atoms with E-state index in [0.717, 1.165) is 30.2 Å². The predicted molar refractivity (Wildman–Crippen MR) is 72.1 cm³/mol. The maximum atomic E-state index is 5.97. The number of halogens is 1. The van der Waals surface area contributed by atoms with Gasteiger partial charge < -0.3 is 9.47 Å². The largest absolute Gasteiger partial charge is 0.377 e. The van der Waals surface area contributed by atoms with Gasteiger partial charge in [-0.2, -0.15) is 0 Å². The van der Waals surface area contributed by atoms with Crippen molar-refractivity contribution in [2.75, 3.05) is 19.0 Å². The monoisotopic (exact) mass is 288 g/mol. The normalized spacial score (nSPS) is 19.3. The topological polar surface area (TPSA) is 44.2 Å². The van der Waals surface area contributed by atoms with Crippen LogP contribution in [0.25, 0.3) is 0 Å². The lowest BCUT2D eigenvalue weighted by Gasteiger charge is -2.09. The Balaban J connectivity index is 1.91. The van der Waals surface area contributed by atoms with Crippen LogP contribution in [0.2, 0.25) is 5.15 Å². The Hall–Kier alpha value is -0.360. The fourth-order valence-corrected chi connectivity index (χ4v) is 2.98. The van der Waals surface area contributed by atoms with E-state index in [4.69, 9.17) is 21.1 Å². The molecule has 18 heavy (non-hydrogen) atoms. The number of hydrogen-bond donors (Lipinski definition) is 0. The Kier molecular flexibility index (Phi) is 5.69. The third kappa shape index (κ3) is 4.39. The SMILES string of the molecule is CCOCc1nc(Cl)cc(SCC2CCCO2)n1. The summed E-state index contributed by atoms with van der Waals surface area (Å²) < 4.78 is 10.9. The fraction of sp³-hybridized carbons (Fsp3) is 0.667. The Bertz CT molecular complexity index is 386. The first kappa shape index (κ1) is 14.1. The van der Waals surface area contributed by atoms with E-state index in [1.54, 1.807) is 17.8 Å². The molecule has 0 N–H and O–H groups in total. The molecule has 0 aliphatic carbocycles. The molecular formula is C12H17ClN2O2S. The summed E-state index contributed by atoms with van der Waals surface area (Å²) in [7, 11) is 0. The smallest absolute Gasteiger partial charge is 0.156 e. The average molecular weight is 289 g/mol. The van der Waals surface area contributed by atoms with Gasteiger partial charge in [0.15, 0.2) is 5.82 Å². The molecule has 6 heteroatoms. The lowest BCUT2D eigenvalue weighted by molar-refractivity contribution is 0.127. The summed E-state index contributed by atoms with van der Waals surface area (Å²) in [4.78, 5) is 8.55. The molecule has 1 aromatic rings. The van der Waals surface area contributed by atoms with Crippen molar-refractivity contribution in [2.45, 2.75) is 37.5 Å². The molecule has 0 spiro atoms. The summed E-state index contributed by atoms with van der Waals surface area (Å²) >= 11 is 7.64. The third-order valence-corrected chi connectivity index (χ3v) is 3.83. The van der Waals surface area contributed by atoms with Crippen LogP contribution < -0.4 is 0 Å². The van der Waals surface area contributed by atoms with E-state index in [-0.39, 0.29) is 0 Å². The molecule has 0 saturated carbocycles. The van der Waals surface area contributed by atoms with E-state index in [0.29, 0.717) is 30.3 Å². The van der Waals surface area contributed by atoms with Gasteiger partial charge in [-0.15, -0.1) is 11.8 Å². The summed E-state index contributed by atoms with van der Waals surface area (Å²) in [6.07, 6.45) is 2.64. The molecule has 4 nitrogen and oxygen atoms in total. The molecule has 1 aliphatic rings. The zero-order chi connectivity index (χ0) is 12.8. The van der Waals surface area contributed by atoms with Crippen molar-refractivity contribution in [2.24, 2.45) is 0 Å². The van der Waals surface area contributed by atoms with E-state index in [1.807, 2.05) is 6.92 Å². The Morgan fingerprint density at radius 2 is 2.44 bits per heavy atom. The maximum Gasteiger partial charge on any atom is 0.156 e. The van der Waals surface area contributed by atoms with Crippen molar-refractivity contribution in [3.05, 3.63) is 17.0 Å². The summed E-state index contributed by atoms with van der Waals surface area (Å²) in [5.41, 5.74) is 0. The van der Waals surface area contributed by atoms with Gasteiger partial charge in [0.2, 0.25) is 0 Å². The second-order valence-electron chi connectivity index (χ2n) is 4.03. The third-order valence-electron chi connectivity index (χ3n) is 2.59. The van der Waals surface area contributed by atoms with Crippen molar-refractivity contribution in [3.63, 3.8) is 0 Å². The lowest BCUT2D eigenvalue weighted by Crippen LogP contribution is -2.08. The van der Waals surface area contributed by atoms with Crippen LogP contribution >= 0.6 is 23.4 Å². The molecule has 1 fully saturated rings. The summed E-state index contributed by atoms with van der Waals surface area (Å²) in [5.74, 6) is 1.56. The Morgan fingerprint density at radius 1 is 1.56 bits per heavy atom. The van der Waals surface area contributed by atoms with E-state index < -0.39 is 0 Å². The molecule has 1 saturated heterocycles. The highest BCUT2D eigenvalue weighted by Crippen LogP contribution is 2.24. The average Bonchev–Trinajstić information content (AvgIpc) is 2.86. The maximum absolute atomic E-state index is 5.97. The first-order chi connectivity index (χ1) is 8.78. The van der Waals surface area contributed by atoms with Crippen LogP contribution in [-0.2, 0) is 16.1 Å². The van der Waals surface area contributed by atoms with Crippen LogP contribution in [0.5, 0.6) is 0 Å². The van der Waals surface area contributed by atoms with Crippen LogP contribution in [0, 0.1) is 0 Å². The summed E-state index contributed by atoms with van der Waals surface area (Å²) in [6, 6.07) is 1.79. The number of nitrogens with zero attached hydrogens (tertiary/aromatic N) is 2. The highest BCUT2D eigenvalue weighted by molar-refractivity contribution is 7.99. The number of aromatic nitrogens is 2. The van der Waals surface area contributed by atoms with Crippen LogP contribution in [0.15, 0.2) is 11.1 Å². The molecule has 1 atom stereocenters. The standard InChI is InChI=1S/C12H17ClN2O2S/c1-2-16-7-11-14-10(13)6-12(15-11)18-8-9-4-3-5-17-9/h6,9H,2-5,7-8H2,1H3. The van der Waals surface area contributed by atoms with Crippen LogP contribution in [0.1, 0.15) is 25.6 Å². The van der Waals surface area contributed by atoms with Crippen molar-refractivity contribution < 1.29 is 9.47 Å².